The summed E-state index contributed by atoms with van der Waals surface area (Å²) in [4.78, 5) is 54.9. The quantitative estimate of drug-likeness (QED) is 0.459. The van der Waals surface area contributed by atoms with Gasteiger partial charge in [0.1, 0.15) is 12.1 Å². The molecule has 31 heavy (non-hydrogen) atoms. The number of rotatable bonds is 5. The zero-order chi connectivity index (χ0) is 22.0. The first-order valence-electron chi connectivity index (χ1n) is 10.2. The molecule has 12 nitrogen and oxygen atoms in total. The van der Waals surface area contributed by atoms with E-state index in [1.807, 2.05) is 25.1 Å². The Hall–Kier alpha value is -3.70. The zero-order valence-corrected chi connectivity index (χ0v) is 17.4. The minimum absolute atomic E-state index is 0.0156. The SMILES string of the molecule is CN(C)c1ccnc(NC2CCC(CNC(=O)n3cnc4c(=O)[nH]c(=O)[nH]c43)CC2)n1. The lowest BCUT2D eigenvalue weighted by Crippen LogP contribution is -2.36. The van der Waals surface area contributed by atoms with Gasteiger partial charge in [0.05, 0.1) is 0 Å². The number of carbonyl (C=O) groups excluding carboxylic acids is 1. The lowest BCUT2D eigenvalue weighted by Gasteiger charge is -2.29. The van der Waals surface area contributed by atoms with E-state index in [4.69, 9.17) is 0 Å². The van der Waals surface area contributed by atoms with Crippen molar-refractivity contribution in [3.63, 3.8) is 0 Å². The fourth-order valence-electron chi connectivity index (χ4n) is 3.77. The van der Waals surface area contributed by atoms with Gasteiger partial charge in [0.25, 0.3) is 5.56 Å². The summed E-state index contributed by atoms with van der Waals surface area (Å²) in [5.74, 6) is 1.82. The van der Waals surface area contributed by atoms with Gasteiger partial charge in [-0.2, -0.15) is 4.98 Å². The van der Waals surface area contributed by atoms with Crippen molar-refractivity contribution >= 4 is 29.0 Å². The third kappa shape index (κ3) is 4.57. The number of anilines is 2. The number of hydrogen-bond donors (Lipinski definition) is 4. The highest BCUT2D eigenvalue weighted by Gasteiger charge is 2.23. The van der Waals surface area contributed by atoms with Gasteiger partial charge in [0, 0.05) is 32.9 Å². The maximum absolute atomic E-state index is 12.5. The third-order valence-corrected chi connectivity index (χ3v) is 5.48. The van der Waals surface area contributed by atoms with Gasteiger partial charge < -0.3 is 15.5 Å². The van der Waals surface area contributed by atoms with Gasteiger partial charge in [-0.25, -0.2) is 24.1 Å². The Bertz CT molecular complexity index is 1190. The van der Waals surface area contributed by atoms with Crippen molar-refractivity contribution < 1.29 is 4.79 Å². The summed E-state index contributed by atoms with van der Waals surface area (Å²) in [5.41, 5.74) is -1.21. The molecule has 3 aromatic heterocycles. The maximum Gasteiger partial charge on any atom is 0.328 e. The Morgan fingerprint density at radius 3 is 2.71 bits per heavy atom. The van der Waals surface area contributed by atoms with Crippen molar-refractivity contribution in [3.05, 3.63) is 39.4 Å². The van der Waals surface area contributed by atoms with Crippen LogP contribution in [0, 0.1) is 5.92 Å². The fraction of sp³-hybridized carbons (Fsp3) is 0.474. The minimum atomic E-state index is -0.682. The Morgan fingerprint density at radius 1 is 1.19 bits per heavy atom. The van der Waals surface area contributed by atoms with Crippen LogP contribution < -0.4 is 26.8 Å². The van der Waals surface area contributed by atoms with Gasteiger partial charge in [-0.15, -0.1) is 0 Å². The number of aromatic nitrogens is 6. The number of carbonyl (C=O) groups is 1. The second-order valence-electron chi connectivity index (χ2n) is 7.90. The summed E-state index contributed by atoms with van der Waals surface area (Å²) in [5, 5.41) is 6.27. The van der Waals surface area contributed by atoms with Crippen LogP contribution in [-0.4, -0.2) is 62.2 Å². The molecule has 0 atom stereocenters. The van der Waals surface area contributed by atoms with Crippen LogP contribution in [0.1, 0.15) is 25.7 Å². The molecule has 0 aromatic carbocycles. The second kappa shape index (κ2) is 8.58. The van der Waals surface area contributed by atoms with Gasteiger partial charge in [-0.05, 0) is 37.7 Å². The average Bonchev–Trinajstić information content (AvgIpc) is 3.17. The molecule has 164 valence electrons. The number of nitrogens with zero attached hydrogens (tertiary/aromatic N) is 5. The van der Waals surface area contributed by atoms with E-state index in [1.54, 1.807) is 6.20 Å². The summed E-state index contributed by atoms with van der Waals surface area (Å²) >= 11 is 0. The molecular formula is C19H25N9O3. The van der Waals surface area contributed by atoms with Crippen LogP contribution in [0.4, 0.5) is 16.6 Å². The lowest BCUT2D eigenvalue weighted by molar-refractivity contribution is 0.237. The Balaban J connectivity index is 1.30. The molecule has 1 saturated carbocycles. The largest absolute Gasteiger partial charge is 0.363 e. The van der Waals surface area contributed by atoms with Crippen LogP contribution in [0.3, 0.4) is 0 Å². The van der Waals surface area contributed by atoms with E-state index < -0.39 is 17.3 Å². The molecule has 1 aliphatic rings. The van der Waals surface area contributed by atoms with E-state index in [-0.39, 0.29) is 11.2 Å². The van der Waals surface area contributed by atoms with Crippen LogP contribution in [0.15, 0.2) is 28.2 Å². The van der Waals surface area contributed by atoms with E-state index in [2.05, 4.69) is 35.6 Å². The summed E-state index contributed by atoms with van der Waals surface area (Å²) in [7, 11) is 3.88. The normalized spacial score (nSPS) is 18.6. The summed E-state index contributed by atoms with van der Waals surface area (Å²) < 4.78 is 1.15. The molecule has 3 heterocycles. The van der Waals surface area contributed by atoms with Crippen LogP contribution in [-0.2, 0) is 0 Å². The van der Waals surface area contributed by atoms with Crippen molar-refractivity contribution in [3.8, 4) is 0 Å². The highest BCUT2D eigenvalue weighted by Crippen LogP contribution is 2.25. The van der Waals surface area contributed by atoms with Crippen LogP contribution in [0.2, 0.25) is 0 Å². The highest BCUT2D eigenvalue weighted by atomic mass is 16.2. The standard InChI is InChI=1S/C19H25N9O3/c1-27(2)13-7-8-20-17(24-13)23-12-5-3-11(4-6-12)9-21-19(31)28-10-22-14-15(28)25-18(30)26-16(14)29/h7-8,10-12H,3-6,9H2,1-2H3,(H,21,31)(H,20,23,24)(H2,25,26,29,30). The molecule has 1 fully saturated rings. The first-order valence-corrected chi connectivity index (χ1v) is 10.2. The molecule has 4 N–H and O–H groups in total. The van der Waals surface area contributed by atoms with Crippen molar-refractivity contribution in [2.75, 3.05) is 30.9 Å². The predicted octanol–water partition coefficient (Wildman–Crippen LogP) is 0.498. The number of H-pyrrole nitrogens is 2. The van der Waals surface area contributed by atoms with Crippen molar-refractivity contribution in [1.29, 1.82) is 0 Å². The number of hydrogen-bond acceptors (Lipinski definition) is 8. The molecule has 0 radical (unpaired) electrons. The molecule has 0 saturated heterocycles. The molecular weight excluding hydrogens is 402 g/mol. The van der Waals surface area contributed by atoms with Gasteiger partial charge in [-0.3, -0.25) is 14.8 Å². The van der Waals surface area contributed by atoms with Crippen molar-refractivity contribution in [2.45, 2.75) is 31.7 Å². The molecule has 0 bridgehead atoms. The molecule has 12 heteroatoms. The Morgan fingerprint density at radius 2 is 1.97 bits per heavy atom. The van der Waals surface area contributed by atoms with Crippen molar-refractivity contribution in [1.82, 2.24) is 34.8 Å². The summed E-state index contributed by atoms with van der Waals surface area (Å²) in [6.45, 7) is 0.505. The first kappa shape index (κ1) is 20.6. The molecule has 1 aliphatic carbocycles. The number of aromatic amines is 2. The highest BCUT2D eigenvalue weighted by molar-refractivity contribution is 5.86. The van der Waals surface area contributed by atoms with Crippen LogP contribution in [0.5, 0.6) is 0 Å². The van der Waals surface area contributed by atoms with Gasteiger partial charge in [0.15, 0.2) is 11.2 Å². The fourth-order valence-corrected chi connectivity index (χ4v) is 3.77. The monoisotopic (exact) mass is 427 g/mol. The second-order valence-corrected chi connectivity index (χ2v) is 7.90. The van der Waals surface area contributed by atoms with E-state index >= 15 is 0 Å². The predicted molar refractivity (Wildman–Crippen MR) is 115 cm³/mol. The number of nitrogens with one attached hydrogen (secondary N) is 4. The molecule has 3 aromatic rings. The zero-order valence-electron chi connectivity index (χ0n) is 17.4. The first-order chi connectivity index (χ1) is 14.9. The summed E-state index contributed by atoms with van der Waals surface area (Å²) in [6, 6.07) is 1.72. The van der Waals surface area contributed by atoms with Crippen LogP contribution in [0.25, 0.3) is 11.2 Å². The van der Waals surface area contributed by atoms with E-state index in [1.165, 1.54) is 6.33 Å². The minimum Gasteiger partial charge on any atom is -0.363 e. The number of amides is 1. The van der Waals surface area contributed by atoms with E-state index in [9.17, 15) is 14.4 Å². The molecule has 0 spiro atoms. The van der Waals surface area contributed by atoms with E-state index in [0.717, 1.165) is 36.1 Å². The van der Waals surface area contributed by atoms with Crippen LogP contribution >= 0.6 is 0 Å². The average molecular weight is 427 g/mol. The van der Waals surface area contributed by atoms with Gasteiger partial charge >= 0.3 is 11.7 Å². The molecule has 0 aliphatic heterocycles. The number of fused-ring (bicyclic) bond motifs is 1. The summed E-state index contributed by atoms with van der Waals surface area (Å²) in [6.07, 6.45) is 6.78. The number of imidazole rings is 1. The molecule has 0 unspecified atom stereocenters. The smallest absolute Gasteiger partial charge is 0.328 e. The van der Waals surface area contributed by atoms with Gasteiger partial charge in [-0.1, -0.05) is 0 Å². The van der Waals surface area contributed by atoms with Gasteiger partial charge in [0.2, 0.25) is 5.95 Å². The third-order valence-electron chi connectivity index (χ3n) is 5.48. The van der Waals surface area contributed by atoms with Crippen molar-refractivity contribution in [2.24, 2.45) is 5.92 Å². The molecule has 1 amide bonds. The Labute approximate surface area is 177 Å². The Kier molecular flexibility index (Phi) is 5.69. The lowest BCUT2D eigenvalue weighted by atomic mass is 9.86. The topological polar surface area (TPSA) is 154 Å². The maximum atomic E-state index is 12.5. The molecule has 4 rings (SSSR count). The van der Waals surface area contributed by atoms with E-state index in [0.29, 0.717) is 24.5 Å².